The molecule has 0 N–H and O–H groups in total. The molecule has 26 heavy (non-hydrogen) atoms. The molecule has 0 saturated carbocycles. The number of nitrogens with zero attached hydrogens (tertiary/aromatic N) is 3. The summed E-state index contributed by atoms with van der Waals surface area (Å²) in [5, 5.41) is 2.49. The van der Waals surface area contributed by atoms with Gasteiger partial charge in [0.2, 0.25) is 0 Å². The molecule has 1 aliphatic rings. The second kappa shape index (κ2) is 6.76. The van der Waals surface area contributed by atoms with Crippen LogP contribution in [0.3, 0.4) is 0 Å². The first-order chi connectivity index (χ1) is 12.7. The number of ether oxygens (including phenoxy) is 2. The summed E-state index contributed by atoms with van der Waals surface area (Å²) in [6.07, 6.45) is 1.61. The molecule has 6 nitrogen and oxygen atoms in total. The predicted octanol–water partition coefficient (Wildman–Crippen LogP) is 3.64. The number of anilines is 1. The van der Waals surface area contributed by atoms with E-state index in [0.717, 1.165) is 10.7 Å². The van der Waals surface area contributed by atoms with Gasteiger partial charge in [-0.3, -0.25) is 14.7 Å². The number of pyridine rings is 1. The fourth-order valence-corrected chi connectivity index (χ4v) is 3.62. The van der Waals surface area contributed by atoms with Crippen molar-refractivity contribution in [2.75, 3.05) is 18.6 Å². The van der Waals surface area contributed by atoms with E-state index in [1.807, 2.05) is 43.3 Å². The number of carbonyl (C=O) groups excluding carboxylic acids is 1. The van der Waals surface area contributed by atoms with Crippen LogP contribution in [0.2, 0.25) is 0 Å². The van der Waals surface area contributed by atoms with Crippen molar-refractivity contribution in [2.45, 2.75) is 13.0 Å². The van der Waals surface area contributed by atoms with E-state index in [0.29, 0.717) is 29.4 Å². The summed E-state index contributed by atoms with van der Waals surface area (Å²) in [5.74, 6) is 1.18. The number of fused-ring (bicyclic) bond motifs is 1. The van der Waals surface area contributed by atoms with Gasteiger partial charge in [-0.1, -0.05) is 6.07 Å². The lowest BCUT2D eigenvalue weighted by atomic mass is 10.1. The van der Waals surface area contributed by atoms with E-state index in [1.54, 1.807) is 23.6 Å². The Morgan fingerprint density at radius 2 is 2.23 bits per heavy atom. The van der Waals surface area contributed by atoms with Crippen molar-refractivity contribution in [3.8, 4) is 22.2 Å². The van der Waals surface area contributed by atoms with Crippen LogP contribution in [0, 0.1) is 0 Å². The van der Waals surface area contributed by atoms with Crippen molar-refractivity contribution in [1.29, 1.82) is 0 Å². The quantitative estimate of drug-likeness (QED) is 0.707. The minimum Gasteiger partial charge on any atom is -0.497 e. The van der Waals surface area contributed by atoms with Crippen LogP contribution in [0.5, 0.6) is 11.5 Å². The number of benzene rings is 1. The Hall–Kier alpha value is -2.93. The minimum absolute atomic E-state index is 0.103. The molecule has 2 aromatic heterocycles. The lowest BCUT2D eigenvalue weighted by Crippen LogP contribution is -2.42. The molecule has 3 heterocycles. The molecule has 0 spiro atoms. The lowest BCUT2D eigenvalue weighted by Gasteiger charge is -2.33. The third kappa shape index (κ3) is 3.01. The van der Waals surface area contributed by atoms with Gasteiger partial charge in [0.05, 0.1) is 25.0 Å². The van der Waals surface area contributed by atoms with Crippen LogP contribution in [-0.4, -0.2) is 35.6 Å². The first-order valence-electron chi connectivity index (χ1n) is 8.19. The van der Waals surface area contributed by atoms with Gasteiger partial charge in [0.1, 0.15) is 28.3 Å². The second-order valence-electron chi connectivity index (χ2n) is 5.93. The first-order valence-corrected chi connectivity index (χ1v) is 9.07. The average Bonchev–Trinajstić information content (AvgIpc) is 3.17. The monoisotopic (exact) mass is 367 g/mol. The van der Waals surface area contributed by atoms with Crippen LogP contribution in [0.1, 0.15) is 17.4 Å². The molecular formula is C19H17N3O3S. The summed E-state index contributed by atoms with van der Waals surface area (Å²) < 4.78 is 11.1. The van der Waals surface area contributed by atoms with Crippen molar-refractivity contribution in [3.63, 3.8) is 0 Å². The number of rotatable bonds is 3. The van der Waals surface area contributed by atoms with E-state index in [1.165, 1.54) is 11.3 Å². The van der Waals surface area contributed by atoms with Crippen LogP contribution < -0.4 is 14.4 Å². The van der Waals surface area contributed by atoms with Gasteiger partial charge in [0.15, 0.2) is 0 Å². The molecule has 0 bridgehead atoms. The predicted molar refractivity (Wildman–Crippen MR) is 100 cm³/mol. The molecule has 1 aromatic carbocycles. The molecule has 0 saturated heterocycles. The molecule has 0 fully saturated rings. The number of aromatic nitrogens is 2. The van der Waals surface area contributed by atoms with Gasteiger partial charge < -0.3 is 9.47 Å². The van der Waals surface area contributed by atoms with E-state index in [4.69, 9.17) is 9.47 Å². The highest BCUT2D eigenvalue weighted by Gasteiger charge is 2.30. The molecule has 0 aliphatic carbocycles. The Morgan fingerprint density at radius 3 is 3.00 bits per heavy atom. The standard InChI is InChI=1S/C19H17N3O3S/c1-12-10-22(16-9-13(24-2)6-7-17(16)25-12)19(23)15-11-26-18(21-15)14-5-3-4-8-20-14/h3-9,11-12H,10H2,1-2H3/t12-/m0/s1. The Morgan fingerprint density at radius 1 is 1.35 bits per heavy atom. The Kier molecular flexibility index (Phi) is 4.30. The van der Waals surface area contributed by atoms with E-state index >= 15 is 0 Å². The van der Waals surface area contributed by atoms with Crippen LogP contribution in [-0.2, 0) is 0 Å². The van der Waals surface area contributed by atoms with Crippen LogP contribution in [0.4, 0.5) is 5.69 Å². The van der Waals surface area contributed by atoms with Gasteiger partial charge in [-0.05, 0) is 31.2 Å². The molecule has 3 aromatic rings. The molecule has 1 aliphatic heterocycles. The van der Waals surface area contributed by atoms with Gasteiger partial charge in [-0.15, -0.1) is 11.3 Å². The first kappa shape index (κ1) is 16.5. The third-order valence-electron chi connectivity index (χ3n) is 4.08. The fraction of sp³-hybridized carbons (Fsp3) is 0.211. The van der Waals surface area contributed by atoms with Crippen LogP contribution >= 0.6 is 11.3 Å². The maximum atomic E-state index is 13.1. The Bertz CT molecular complexity index is 942. The van der Waals surface area contributed by atoms with Gasteiger partial charge in [-0.25, -0.2) is 4.98 Å². The topological polar surface area (TPSA) is 64.5 Å². The number of amides is 1. The van der Waals surface area contributed by atoms with Crippen molar-refractivity contribution < 1.29 is 14.3 Å². The van der Waals surface area contributed by atoms with E-state index in [9.17, 15) is 4.79 Å². The molecule has 4 rings (SSSR count). The van der Waals surface area contributed by atoms with E-state index < -0.39 is 0 Å². The van der Waals surface area contributed by atoms with Crippen molar-refractivity contribution in [3.05, 3.63) is 53.7 Å². The van der Waals surface area contributed by atoms with Gasteiger partial charge in [0, 0.05) is 17.6 Å². The molecule has 1 amide bonds. The number of carbonyl (C=O) groups is 1. The Labute approximate surface area is 155 Å². The fourth-order valence-electron chi connectivity index (χ4n) is 2.85. The van der Waals surface area contributed by atoms with Crippen LogP contribution in [0.25, 0.3) is 10.7 Å². The molecular weight excluding hydrogens is 350 g/mol. The third-order valence-corrected chi connectivity index (χ3v) is 4.94. The number of hydrogen-bond acceptors (Lipinski definition) is 6. The summed E-state index contributed by atoms with van der Waals surface area (Å²) in [5.41, 5.74) is 1.85. The number of thiazole rings is 1. The zero-order valence-corrected chi connectivity index (χ0v) is 15.2. The largest absolute Gasteiger partial charge is 0.497 e. The Balaban J connectivity index is 1.68. The molecule has 0 radical (unpaired) electrons. The van der Waals surface area contributed by atoms with Crippen LogP contribution in [0.15, 0.2) is 48.0 Å². The maximum Gasteiger partial charge on any atom is 0.278 e. The van der Waals surface area contributed by atoms with Gasteiger partial charge in [0.25, 0.3) is 5.91 Å². The summed E-state index contributed by atoms with van der Waals surface area (Å²) in [6, 6.07) is 11.1. The molecule has 1 atom stereocenters. The lowest BCUT2D eigenvalue weighted by molar-refractivity contribution is 0.0957. The second-order valence-corrected chi connectivity index (χ2v) is 6.79. The summed E-state index contributed by atoms with van der Waals surface area (Å²) in [7, 11) is 1.60. The molecule has 132 valence electrons. The molecule has 0 unspecified atom stereocenters. The maximum absolute atomic E-state index is 13.1. The smallest absolute Gasteiger partial charge is 0.278 e. The van der Waals surface area contributed by atoms with Gasteiger partial charge in [-0.2, -0.15) is 0 Å². The summed E-state index contributed by atoms with van der Waals surface area (Å²) in [4.78, 5) is 23.6. The summed E-state index contributed by atoms with van der Waals surface area (Å²) in [6.45, 7) is 2.39. The zero-order valence-electron chi connectivity index (χ0n) is 14.4. The highest BCUT2D eigenvalue weighted by molar-refractivity contribution is 7.13. The molecule has 7 heteroatoms. The minimum atomic E-state index is -0.159. The van der Waals surface area contributed by atoms with Crippen molar-refractivity contribution in [1.82, 2.24) is 9.97 Å². The van der Waals surface area contributed by atoms with E-state index in [2.05, 4.69) is 9.97 Å². The normalized spacial score (nSPS) is 15.9. The number of methoxy groups -OCH3 is 1. The zero-order chi connectivity index (χ0) is 18.1. The average molecular weight is 367 g/mol. The van der Waals surface area contributed by atoms with Crippen molar-refractivity contribution >= 4 is 22.9 Å². The van der Waals surface area contributed by atoms with Gasteiger partial charge >= 0.3 is 0 Å². The van der Waals surface area contributed by atoms with Crippen molar-refractivity contribution in [2.24, 2.45) is 0 Å². The highest BCUT2D eigenvalue weighted by Crippen LogP contribution is 2.37. The summed E-state index contributed by atoms with van der Waals surface area (Å²) >= 11 is 1.41. The SMILES string of the molecule is COc1ccc2c(c1)N(C(=O)c1csc(-c3ccccn3)n1)C[C@H](C)O2. The highest BCUT2D eigenvalue weighted by atomic mass is 32.1. The number of hydrogen-bond donors (Lipinski definition) is 0. The van der Waals surface area contributed by atoms with E-state index in [-0.39, 0.29) is 12.0 Å².